The van der Waals surface area contributed by atoms with Crippen molar-refractivity contribution in [2.24, 2.45) is 0 Å². The molecule has 0 aliphatic carbocycles. The molecule has 4 rings (SSSR count). The lowest BCUT2D eigenvalue weighted by molar-refractivity contribution is -0.137. The van der Waals surface area contributed by atoms with Gasteiger partial charge in [0.1, 0.15) is 12.3 Å². The second kappa shape index (κ2) is 11.0. The first-order valence-corrected chi connectivity index (χ1v) is 11.4. The molecule has 1 aliphatic rings. The molecule has 2 aromatic carbocycles. The summed E-state index contributed by atoms with van der Waals surface area (Å²) < 4.78 is 50.2. The number of hydrogen-bond donors (Lipinski definition) is 2. The Morgan fingerprint density at radius 1 is 1.17 bits per heavy atom. The molecule has 1 amide bonds. The highest BCUT2D eigenvalue weighted by Gasteiger charge is 2.31. The molecule has 1 aliphatic heterocycles. The van der Waals surface area contributed by atoms with Crippen LogP contribution in [0.25, 0.3) is 11.1 Å². The Hall–Kier alpha value is -3.63. The van der Waals surface area contributed by atoms with Gasteiger partial charge in [-0.1, -0.05) is 12.1 Å². The lowest BCUT2D eigenvalue weighted by atomic mass is 10.0. The van der Waals surface area contributed by atoms with Gasteiger partial charge in [-0.25, -0.2) is 4.98 Å². The van der Waals surface area contributed by atoms with E-state index in [0.29, 0.717) is 37.9 Å². The van der Waals surface area contributed by atoms with E-state index in [-0.39, 0.29) is 18.8 Å². The van der Waals surface area contributed by atoms with Gasteiger partial charge < -0.3 is 24.8 Å². The molecule has 0 spiro atoms. The van der Waals surface area contributed by atoms with Crippen molar-refractivity contribution in [2.75, 3.05) is 49.7 Å². The van der Waals surface area contributed by atoms with Gasteiger partial charge in [-0.15, -0.1) is 0 Å². The first-order chi connectivity index (χ1) is 17.3. The molecule has 190 valence electrons. The summed E-state index contributed by atoms with van der Waals surface area (Å²) in [5, 5.41) is 11.8. The van der Waals surface area contributed by atoms with Crippen molar-refractivity contribution in [3.05, 3.63) is 71.4 Å². The molecule has 0 radical (unpaired) electrons. The van der Waals surface area contributed by atoms with Gasteiger partial charge in [0, 0.05) is 36.1 Å². The molecular formula is C26H26F3N3O4. The van der Waals surface area contributed by atoms with Gasteiger partial charge in [0.25, 0.3) is 5.91 Å². The van der Waals surface area contributed by atoms with Crippen LogP contribution in [0.15, 0.2) is 54.7 Å². The van der Waals surface area contributed by atoms with Crippen LogP contribution in [0.2, 0.25) is 0 Å². The number of aryl methyl sites for hydroxylation is 1. The molecular weight excluding hydrogens is 475 g/mol. The molecule has 7 nitrogen and oxygen atoms in total. The van der Waals surface area contributed by atoms with Crippen LogP contribution in [0.1, 0.15) is 21.5 Å². The number of amides is 1. The van der Waals surface area contributed by atoms with Gasteiger partial charge in [-0.05, 0) is 54.4 Å². The van der Waals surface area contributed by atoms with Crippen molar-refractivity contribution in [1.82, 2.24) is 4.98 Å². The van der Waals surface area contributed by atoms with E-state index in [1.807, 2.05) is 19.1 Å². The van der Waals surface area contributed by atoms with Crippen molar-refractivity contribution >= 4 is 17.3 Å². The van der Waals surface area contributed by atoms with Crippen LogP contribution in [-0.2, 0) is 10.9 Å². The largest absolute Gasteiger partial charge is 0.474 e. The van der Waals surface area contributed by atoms with Crippen molar-refractivity contribution in [2.45, 2.75) is 13.1 Å². The Morgan fingerprint density at radius 2 is 1.94 bits per heavy atom. The number of rotatable bonds is 7. The zero-order valence-corrected chi connectivity index (χ0v) is 19.6. The molecule has 36 heavy (non-hydrogen) atoms. The number of ether oxygens (including phenoxy) is 2. The Morgan fingerprint density at radius 3 is 2.67 bits per heavy atom. The minimum absolute atomic E-state index is 0.0893. The number of morpholine rings is 1. The van der Waals surface area contributed by atoms with Crippen LogP contribution >= 0.6 is 0 Å². The number of hydrogen-bond acceptors (Lipinski definition) is 6. The molecule has 0 unspecified atom stereocenters. The Bertz CT molecular complexity index is 1230. The molecule has 1 aromatic heterocycles. The van der Waals surface area contributed by atoms with Crippen molar-refractivity contribution in [3.63, 3.8) is 0 Å². The number of pyridine rings is 1. The highest BCUT2D eigenvalue weighted by Crippen LogP contribution is 2.34. The van der Waals surface area contributed by atoms with E-state index >= 15 is 0 Å². The second-order valence-electron chi connectivity index (χ2n) is 8.28. The maximum atomic E-state index is 13.0. The van der Waals surface area contributed by atoms with Crippen molar-refractivity contribution in [1.29, 1.82) is 0 Å². The normalized spacial score (nSPS) is 14.0. The topological polar surface area (TPSA) is 83.9 Å². The molecule has 0 saturated carbocycles. The number of carbonyl (C=O) groups is 1. The van der Waals surface area contributed by atoms with Gasteiger partial charge in [-0.3, -0.25) is 4.79 Å². The Labute approximate surface area is 206 Å². The molecule has 1 saturated heterocycles. The zero-order chi connectivity index (χ0) is 25.7. The van der Waals surface area contributed by atoms with Crippen LogP contribution in [0.3, 0.4) is 0 Å². The molecule has 2 N–H and O–H groups in total. The molecule has 0 bridgehead atoms. The first kappa shape index (κ1) is 25.5. The van der Waals surface area contributed by atoms with E-state index < -0.39 is 17.6 Å². The minimum Gasteiger partial charge on any atom is -0.474 e. The fraction of sp³-hybridized carbons (Fsp3) is 0.308. The number of benzene rings is 2. The quantitative estimate of drug-likeness (QED) is 0.495. The zero-order valence-electron chi connectivity index (χ0n) is 19.6. The highest BCUT2D eigenvalue weighted by atomic mass is 19.4. The predicted octanol–water partition coefficient (Wildman–Crippen LogP) is 4.54. The number of halogens is 3. The Balaban J connectivity index is 1.62. The minimum atomic E-state index is -4.54. The number of aromatic nitrogens is 1. The third-order valence-electron chi connectivity index (χ3n) is 5.77. The molecule has 2 heterocycles. The predicted molar refractivity (Wildman–Crippen MR) is 129 cm³/mol. The smallest absolute Gasteiger partial charge is 0.416 e. The molecule has 3 aromatic rings. The van der Waals surface area contributed by atoms with E-state index in [4.69, 9.17) is 14.6 Å². The number of aliphatic hydroxyl groups is 1. The average Bonchev–Trinajstić information content (AvgIpc) is 2.88. The van der Waals surface area contributed by atoms with E-state index in [0.717, 1.165) is 34.5 Å². The number of carbonyl (C=O) groups excluding carboxylic acids is 1. The van der Waals surface area contributed by atoms with Crippen molar-refractivity contribution in [3.8, 4) is 17.0 Å². The number of aliphatic hydroxyl groups excluding tert-OH is 1. The third-order valence-corrected chi connectivity index (χ3v) is 5.77. The number of anilines is 2. The van der Waals surface area contributed by atoms with Gasteiger partial charge in [-0.2, -0.15) is 13.2 Å². The van der Waals surface area contributed by atoms with Crippen LogP contribution < -0.4 is 15.0 Å². The molecule has 0 atom stereocenters. The summed E-state index contributed by atoms with van der Waals surface area (Å²) in [6, 6.07) is 11.5. The summed E-state index contributed by atoms with van der Waals surface area (Å²) in [7, 11) is 0. The summed E-state index contributed by atoms with van der Waals surface area (Å²) >= 11 is 0. The number of alkyl halides is 3. The van der Waals surface area contributed by atoms with E-state index in [1.54, 1.807) is 18.3 Å². The summed E-state index contributed by atoms with van der Waals surface area (Å²) in [4.78, 5) is 19.3. The van der Waals surface area contributed by atoms with E-state index in [1.165, 1.54) is 12.1 Å². The van der Waals surface area contributed by atoms with Gasteiger partial charge in [0.05, 0.1) is 25.4 Å². The third kappa shape index (κ3) is 5.95. The second-order valence-corrected chi connectivity index (χ2v) is 8.28. The number of nitrogens with zero attached hydrogens (tertiary/aromatic N) is 2. The fourth-order valence-electron chi connectivity index (χ4n) is 3.92. The summed E-state index contributed by atoms with van der Waals surface area (Å²) in [6.07, 6.45) is -2.89. The molecule has 1 fully saturated rings. The average molecular weight is 502 g/mol. The highest BCUT2D eigenvalue weighted by molar-refractivity contribution is 6.04. The van der Waals surface area contributed by atoms with Crippen LogP contribution in [0, 0.1) is 6.92 Å². The summed E-state index contributed by atoms with van der Waals surface area (Å²) in [5.41, 5.74) is 2.73. The van der Waals surface area contributed by atoms with Crippen LogP contribution in [-0.4, -0.2) is 55.5 Å². The first-order valence-electron chi connectivity index (χ1n) is 11.4. The fourth-order valence-corrected chi connectivity index (χ4v) is 3.92. The van der Waals surface area contributed by atoms with Gasteiger partial charge in [0.15, 0.2) is 0 Å². The van der Waals surface area contributed by atoms with Crippen LogP contribution in [0.5, 0.6) is 5.88 Å². The lowest BCUT2D eigenvalue weighted by Gasteiger charge is -2.30. The lowest BCUT2D eigenvalue weighted by Crippen LogP contribution is -2.36. The SMILES string of the molecule is Cc1ccc(NC(=O)c2cccc(C(F)(F)F)c2)cc1-c1cnc(OCCO)c(N2CCOCC2)c1. The monoisotopic (exact) mass is 501 g/mol. The van der Waals surface area contributed by atoms with E-state index in [2.05, 4.69) is 15.2 Å². The maximum Gasteiger partial charge on any atom is 0.416 e. The standard InChI is InChI=1S/C26H26F3N3O4/c1-17-5-6-21(31-24(34)18-3-2-4-20(13-18)26(27,28)29)15-22(17)19-14-23(32-7-10-35-11-8-32)25(30-16-19)36-12-9-33/h2-6,13-16,33H,7-12H2,1H3,(H,31,34). The van der Waals surface area contributed by atoms with Crippen molar-refractivity contribution < 1.29 is 32.5 Å². The van der Waals surface area contributed by atoms with Crippen LogP contribution in [0.4, 0.5) is 24.5 Å². The van der Waals surface area contributed by atoms with Gasteiger partial charge >= 0.3 is 6.18 Å². The summed E-state index contributed by atoms with van der Waals surface area (Å²) in [5.74, 6) is -0.239. The van der Waals surface area contributed by atoms with E-state index in [9.17, 15) is 18.0 Å². The maximum absolute atomic E-state index is 13.0. The number of nitrogens with one attached hydrogen (secondary N) is 1. The summed E-state index contributed by atoms with van der Waals surface area (Å²) in [6.45, 7) is 4.34. The Kier molecular flexibility index (Phi) is 7.76. The molecule has 10 heteroatoms. The van der Waals surface area contributed by atoms with Gasteiger partial charge in [0.2, 0.25) is 5.88 Å².